The van der Waals surface area contributed by atoms with E-state index in [1.165, 1.54) is 0 Å². The summed E-state index contributed by atoms with van der Waals surface area (Å²) < 4.78 is 12.5. The van der Waals surface area contributed by atoms with Crippen LogP contribution in [-0.2, 0) is 9.47 Å². The number of hydrogen-bond acceptors (Lipinski definition) is 4. The minimum Gasteiger partial charge on any atom is -0.444 e. The highest BCUT2D eigenvalue weighted by Gasteiger charge is 2.28. The predicted octanol–water partition coefficient (Wildman–Crippen LogP) is 3.21. The molecule has 1 aliphatic rings. The van der Waals surface area contributed by atoms with E-state index in [4.69, 9.17) is 9.47 Å². The fourth-order valence-corrected chi connectivity index (χ4v) is 3.22. The molecule has 7 heteroatoms. The third-order valence-electron chi connectivity index (χ3n) is 4.65. The van der Waals surface area contributed by atoms with Gasteiger partial charge in [-0.15, -0.1) is 0 Å². The third kappa shape index (κ3) is 6.27. The van der Waals surface area contributed by atoms with E-state index < -0.39 is 5.60 Å². The van der Waals surface area contributed by atoms with Gasteiger partial charge >= 0.3 is 6.09 Å². The molecular formula is C20H33N3O4. The molecule has 1 saturated heterocycles. The van der Waals surface area contributed by atoms with Gasteiger partial charge in [0.15, 0.2) is 0 Å². The first-order chi connectivity index (χ1) is 12.7. The van der Waals surface area contributed by atoms with Crippen LogP contribution in [0, 0.1) is 0 Å². The molecule has 2 rings (SSSR count). The topological polar surface area (TPSA) is 72.8 Å². The zero-order valence-electron chi connectivity index (χ0n) is 17.2. The van der Waals surface area contributed by atoms with E-state index in [0.29, 0.717) is 25.4 Å². The Morgan fingerprint density at radius 1 is 1.30 bits per heavy atom. The first-order valence-electron chi connectivity index (χ1n) is 9.66. The zero-order chi connectivity index (χ0) is 20.0. The number of aromatic nitrogens is 1. The molecule has 152 valence electrons. The number of nitrogens with zero attached hydrogens (tertiary/aromatic N) is 2. The highest BCUT2D eigenvalue weighted by molar-refractivity contribution is 5.93. The number of piperidine rings is 1. The Labute approximate surface area is 162 Å². The van der Waals surface area contributed by atoms with Crippen LogP contribution in [0.3, 0.4) is 0 Å². The van der Waals surface area contributed by atoms with Crippen LogP contribution in [0.25, 0.3) is 0 Å². The monoisotopic (exact) mass is 379 g/mol. The Hall–Kier alpha value is -2.02. The molecule has 1 aromatic heterocycles. The predicted molar refractivity (Wildman–Crippen MR) is 104 cm³/mol. The fourth-order valence-electron chi connectivity index (χ4n) is 3.22. The second kappa shape index (κ2) is 9.26. The Morgan fingerprint density at radius 3 is 2.56 bits per heavy atom. The van der Waals surface area contributed by atoms with E-state index in [1.807, 2.05) is 50.6 Å². The summed E-state index contributed by atoms with van der Waals surface area (Å²) >= 11 is 0. The van der Waals surface area contributed by atoms with Gasteiger partial charge in [-0.05, 0) is 59.1 Å². The Morgan fingerprint density at radius 2 is 1.96 bits per heavy atom. The molecule has 1 aromatic rings. The summed E-state index contributed by atoms with van der Waals surface area (Å²) in [4.78, 5) is 26.6. The van der Waals surface area contributed by atoms with E-state index in [0.717, 1.165) is 19.3 Å². The van der Waals surface area contributed by atoms with Gasteiger partial charge in [-0.25, -0.2) is 4.79 Å². The highest BCUT2D eigenvalue weighted by atomic mass is 16.6. The smallest absolute Gasteiger partial charge is 0.410 e. The van der Waals surface area contributed by atoms with Crippen LogP contribution in [0.15, 0.2) is 18.3 Å². The maximum atomic E-state index is 12.6. The normalized spacial score (nSPS) is 16.9. The number of likely N-dealkylation sites (tertiary alicyclic amines) is 1. The van der Waals surface area contributed by atoms with Crippen LogP contribution >= 0.6 is 0 Å². The van der Waals surface area contributed by atoms with Crippen LogP contribution in [0.5, 0.6) is 0 Å². The van der Waals surface area contributed by atoms with E-state index in [2.05, 4.69) is 5.32 Å². The molecule has 0 aliphatic carbocycles. The minimum absolute atomic E-state index is 0.0508. The standard InChI is InChI=1S/C20H33N3O4/c1-15(10-14-26-5)21-18(24)17-7-6-11-23(17)16-8-12-22(13-9-16)19(25)27-20(2,3)4/h6-7,11,15-16H,8-10,12-14H2,1-5H3,(H,21,24). The number of rotatable bonds is 6. The highest BCUT2D eigenvalue weighted by Crippen LogP contribution is 2.25. The van der Waals surface area contributed by atoms with Gasteiger partial charge in [-0.3, -0.25) is 4.79 Å². The number of hydrogen-bond donors (Lipinski definition) is 1. The molecule has 1 atom stereocenters. The molecular weight excluding hydrogens is 346 g/mol. The van der Waals surface area contributed by atoms with Crippen molar-refractivity contribution in [3.05, 3.63) is 24.0 Å². The number of nitrogens with one attached hydrogen (secondary N) is 1. The molecule has 1 N–H and O–H groups in total. The van der Waals surface area contributed by atoms with Crippen molar-refractivity contribution in [1.29, 1.82) is 0 Å². The van der Waals surface area contributed by atoms with Gasteiger partial charge in [0.1, 0.15) is 11.3 Å². The molecule has 0 saturated carbocycles. The molecule has 2 amide bonds. The van der Waals surface area contributed by atoms with E-state index >= 15 is 0 Å². The van der Waals surface area contributed by atoms with E-state index in [9.17, 15) is 9.59 Å². The molecule has 1 fully saturated rings. The van der Waals surface area contributed by atoms with Crippen LogP contribution in [0.2, 0.25) is 0 Å². The Kier molecular flexibility index (Phi) is 7.30. The van der Waals surface area contributed by atoms with Crippen molar-refractivity contribution in [3.63, 3.8) is 0 Å². The summed E-state index contributed by atoms with van der Waals surface area (Å²) in [6.45, 7) is 9.46. The summed E-state index contributed by atoms with van der Waals surface area (Å²) in [5, 5.41) is 3.03. The van der Waals surface area contributed by atoms with E-state index in [1.54, 1.807) is 12.0 Å². The molecule has 1 aliphatic heterocycles. The van der Waals surface area contributed by atoms with Crippen LogP contribution in [0.1, 0.15) is 63.5 Å². The lowest BCUT2D eigenvalue weighted by atomic mass is 10.0. The molecule has 2 heterocycles. The SMILES string of the molecule is COCCC(C)NC(=O)c1cccn1C1CCN(C(=O)OC(C)(C)C)CC1. The van der Waals surface area contributed by atoms with Gasteiger partial charge in [0.2, 0.25) is 0 Å². The van der Waals surface area contributed by atoms with Crippen LogP contribution in [-0.4, -0.2) is 59.9 Å². The molecule has 1 unspecified atom stereocenters. The van der Waals surface area contributed by atoms with Gasteiger partial charge in [-0.2, -0.15) is 0 Å². The lowest BCUT2D eigenvalue weighted by molar-refractivity contribution is 0.0187. The van der Waals surface area contributed by atoms with Crippen molar-refractivity contribution in [2.24, 2.45) is 0 Å². The number of carbonyl (C=O) groups is 2. The van der Waals surface area contributed by atoms with Crippen molar-refractivity contribution >= 4 is 12.0 Å². The fraction of sp³-hybridized carbons (Fsp3) is 0.700. The molecule has 0 radical (unpaired) electrons. The van der Waals surface area contributed by atoms with Gasteiger partial charge in [-0.1, -0.05) is 0 Å². The quantitative estimate of drug-likeness (QED) is 0.824. The first kappa shape index (κ1) is 21.3. The Balaban J connectivity index is 1.93. The van der Waals surface area contributed by atoms with Gasteiger partial charge in [0, 0.05) is 45.1 Å². The molecule has 27 heavy (non-hydrogen) atoms. The minimum atomic E-state index is -0.487. The summed E-state index contributed by atoms with van der Waals surface area (Å²) in [7, 11) is 1.66. The average Bonchev–Trinajstić information content (AvgIpc) is 3.08. The van der Waals surface area contributed by atoms with Gasteiger partial charge < -0.3 is 24.3 Å². The number of methoxy groups -OCH3 is 1. The lowest BCUT2D eigenvalue weighted by Gasteiger charge is -2.34. The number of ether oxygens (including phenoxy) is 2. The van der Waals surface area contributed by atoms with E-state index in [-0.39, 0.29) is 24.1 Å². The zero-order valence-corrected chi connectivity index (χ0v) is 17.2. The van der Waals surface area contributed by atoms with Crippen molar-refractivity contribution < 1.29 is 19.1 Å². The van der Waals surface area contributed by atoms with Gasteiger partial charge in [0.05, 0.1) is 0 Å². The van der Waals surface area contributed by atoms with Crippen LogP contribution in [0.4, 0.5) is 4.79 Å². The van der Waals surface area contributed by atoms with Crippen LogP contribution < -0.4 is 5.32 Å². The summed E-state index contributed by atoms with van der Waals surface area (Å²) in [6.07, 6.45) is 4.05. The molecule has 0 aromatic carbocycles. The summed E-state index contributed by atoms with van der Waals surface area (Å²) in [6, 6.07) is 4.00. The number of amides is 2. The maximum absolute atomic E-state index is 12.6. The molecule has 7 nitrogen and oxygen atoms in total. The second-order valence-electron chi connectivity index (χ2n) is 8.16. The maximum Gasteiger partial charge on any atom is 0.410 e. The molecule has 0 spiro atoms. The van der Waals surface area contributed by atoms with Gasteiger partial charge in [0.25, 0.3) is 5.91 Å². The Bertz CT molecular complexity index is 627. The summed E-state index contributed by atoms with van der Waals surface area (Å²) in [5.74, 6) is -0.0711. The third-order valence-corrected chi connectivity index (χ3v) is 4.65. The first-order valence-corrected chi connectivity index (χ1v) is 9.66. The number of carbonyl (C=O) groups excluding carboxylic acids is 2. The van der Waals surface area contributed by atoms with Crippen molar-refractivity contribution in [3.8, 4) is 0 Å². The van der Waals surface area contributed by atoms with Crippen molar-refractivity contribution in [2.75, 3.05) is 26.8 Å². The second-order valence-corrected chi connectivity index (χ2v) is 8.16. The van der Waals surface area contributed by atoms with Crippen molar-refractivity contribution in [2.45, 2.75) is 64.6 Å². The molecule has 0 bridgehead atoms. The summed E-state index contributed by atoms with van der Waals surface area (Å²) in [5.41, 5.74) is 0.175. The largest absolute Gasteiger partial charge is 0.444 e. The average molecular weight is 380 g/mol. The lowest BCUT2D eigenvalue weighted by Crippen LogP contribution is -2.42. The van der Waals surface area contributed by atoms with Crippen molar-refractivity contribution in [1.82, 2.24) is 14.8 Å².